The highest BCUT2D eigenvalue weighted by atomic mass is 16.5. The van der Waals surface area contributed by atoms with Crippen molar-refractivity contribution in [2.75, 3.05) is 33.4 Å². The quantitative estimate of drug-likeness (QED) is 0.492. The van der Waals surface area contributed by atoms with Gasteiger partial charge in [-0.2, -0.15) is 0 Å². The lowest BCUT2D eigenvalue weighted by Crippen LogP contribution is -2.42. The highest BCUT2D eigenvalue weighted by Gasteiger charge is 2.14. The largest absolute Gasteiger partial charge is 0.379 e. The summed E-state index contributed by atoms with van der Waals surface area (Å²) in [6.45, 7) is 5.48. The average Bonchev–Trinajstić information content (AvgIpc) is 3.14. The van der Waals surface area contributed by atoms with E-state index in [1.807, 2.05) is 7.05 Å². The Bertz CT molecular complexity index is 570. The molecular weight excluding hydrogens is 300 g/mol. The molecule has 1 saturated heterocycles. The van der Waals surface area contributed by atoms with Crippen LogP contribution in [0.25, 0.3) is 0 Å². The van der Waals surface area contributed by atoms with Crippen LogP contribution in [0.1, 0.15) is 24.0 Å². The lowest BCUT2D eigenvalue weighted by atomic mass is 10.1. The molecule has 24 heavy (non-hydrogen) atoms. The third-order valence-electron chi connectivity index (χ3n) is 4.63. The van der Waals surface area contributed by atoms with Gasteiger partial charge in [0.25, 0.3) is 0 Å². The van der Waals surface area contributed by atoms with Gasteiger partial charge in [-0.1, -0.05) is 36.4 Å². The predicted octanol–water partition coefficient (Wildman–Crippen LogP) is 1.90. The summed E-state index contributed by atoms with van der Waals surface area (Å²) in [5.74, 6) is 0.880. The van der Waals surface area contributed by atoms with Crippen LogP contribution >= 0.6 is 0 Å². The van der Waals surface area contributed by atoms with E-state index < -0.39 is 0 Å². The first-order chi connectivity index (χ1) is 11.8. The molecule has 1 heterocycles. The number of hydrogen-bond donors (Lipinski definition) is 2. The molecule has 0 amide bonds. The maximum atomic E-state index is 5.44. The number of nitrogens with zero attached hydrogens (tertiary/aromatic N) is 2. The van der Waals surface area contributed by atoms with Gasteiger partial charge in [-0.25, -0.2) is 0 Å². The van der Waals surface area contributed by atoms with Crippen LogP contribution in [0.5, 0.6) is 0 Å². The van der Waals surface area contributed by atoms with Gasteiger partial charge >= 0.3 is 0 Å². The molecule has 0 atom stereocenters. The van der Waals surface area contributed by atoms with E-state index in [9.17, 15) is 0 Å². The average molecular weight is 328 g/mol. The fraction of sp³-hybridized carbons (Fsp3) is 0.526. The summed E-state index contributed by atoms with van der Waals surface area (Å²) in [5, 5.41) is 6.94. The topological polar surface area (TPSA) is 48.9 Å². The zero-order valence-electron chi connectivity index (χ0n) is 14.5. The van der Waals surface area contributed by atoms with Crippen molar-refractivity contribution in [2.45, 2.75) is 32.0 Å². The Balaban J connectivity index is 1.55. The van der Waals surface area contributed by atoms with E-state index in [2.05, 4.69) is 56.9 Å². The van der Waals surface area contributed by atoms with E-state index in [1.54, 1.807) is 0 Å². The van der Waals surface area contributed by atoms with E-state index in [4.69, 9.17) is 4.74 Å². The van der Waals surface area contributed by atoms with Gasteiger partial charge < -0.3 is 15.4 Å². The van der Waals surface area contributed by atoms with Crippen molar-refractivity contribution >= 4 is 5.96 Å². The molecule has 0 bridgehead atoms. The van der Waals surface area contributed by atoms with Crippen molar-refractivity contribution in [1.82, 2.24) is 15.5 Å². The van der Waals surface area contributed by atoms with Crippen molar-refractivity contribution in [3.8, 4) is 0 Å². The molecule has 0 radical (unpaired) electrons. The Morgan fingerprint density at radius 1 is 1.17 bits per heavy atom. The van der Waals surface area contributed by atoms with Crippen LogP contribution in [0.2, 0.25) is 0 Å². The van der Waals surface area contributed by atoms with Gasteiger partial charge in [0.2, 0.25) is 0 Å². The maximum absolute atomic E-state index is 5.44. The highest BCUT2D eigenvalue weighted by Crippen LogP contribution is 2.13. The summed E-state index contributed by atoms with van der Waals surface area (Å²) < 4.78 is 5.44. The number of hydrogen-bond acceptors (Lipinski definition) is 3. The van der Waals surface area contributed by atoms with Crippen LogP contribution in [0.4, 0.5) is 0 Å². The fourth-order valence-corrected chi connectivity index (χ4v) is 3.19. The van der Waals surface area contributed by atoms with Crippen LogP contribution in [-0.4, -0.2) is 50.3 Å². The molecule has 3 rings (SSSR count). The van der Waals surface area contributed by atoms with Gasteiger partial charge in [-0.05, 0) is 24.0 Å². The van der Waals surface area contributed by atoms with Gasteiger partial charge in [-0.3, -0.25) is 9.89 Å². The molecule has 0 saturated carbocycles. The molecule has 1 aliphatic heterocycles. The van der Waals surface area contributed by atoms with Gasteiger partial charge in [-0.15, -0.1) is 0 Å². The molecule has 1 aliphatic carbocycles. The van der Waals surface area contributed by atoms with E-state index >= 15 is 0 Å². The Morgan fingerprint density at radius 2 is 1.88 bits per heavy atom. The van der Waals surface area contributed by atoms with Crippen molar-refractivity contribution < 1.29 is 4.74 Å². The second-order valence-corrected chi connectivity index (χ2v) is 6.37. The Hall–Kier alpha value is -1.85. The van der Waals surface area contributed by atoms with E-state index in [1.165, 1.54) is 11.1 Å². The molecule has 0 unspecified atom stereocenters. The molecule has 5 heteroatoms. The van der Waals surface area contributed by atoms with Crippen LogP contribution in [0.3, 0.4) is 0 Å². The van der Waals surface area contributed by atoms with Crippen LogP contribution < -0.4 is 10.6 Å². The van der Waals surface area contributed by atoms with Crippen molar-refractivity contribution in [2.24, 2.45) is 4.99 Å². The molecule has 0 aromatic heterocycles. The molecule has 1 aromatic carbocycles. The van der Waals surface area contributed by atoms with Crippen LogP contribution in [0.15, 0.2) is 41.4 Å². The van der Waals surface area contributed by atoms with Crippen LogP contribution in [0, 0.1) is 0 Å². The minimum absolute atomic E-state index is 0.472. The summed E-state index contributed by atoms with van der Waals surface area (Å²) >= 11 is 0. The Labute approximate surface area is 144 Å². The van der Waals surface area contributed by atoms with Gasteiger partial charge in [0, 0.05) is 39.3 Å². The third-order valence-corrected chi connectivity index (χ3v) is 4.63. The SMILES string of the molecule is CN=C(NCc1ccccc1CN1CCOCC1)NC1CC=CC1. The third kappa shape index (κ3) is 4.82. The van der Waals surface area contributed by atoms with E-state index in [0.29, 0.717) is 6.04 Å². The fourth-order valence-electron chi connectivity index (χ4n) is 3.19. The maximum Gasteiger partial charge on any atom is 0.191 e. The first kappa shape index (κ1) is 17.0. The summed E-state index contributed by atoms with van der Waals surface area (Å²) in [4.78, 5) is 6.81. The highest BCUT2D eigenvalue weighted by molar-refractivity contribution is 5.80. The Morgan fingerprint density at radius 3 is 2.58 bits per heavy atom. The van der Waals surface area contributed by atoms with Crippen molar-refractivity contribution in [3.63, 3.8) is 0 Å². The summed E-state index contributed by atoms with van der Waals surface area (Å²) in [5.41, 5.74) is 2.71. The standard InChI is InChI=1S/C19H28N4O/c1-20-19(22-18-8-4-5-9-18)21-14-16-6-2-3-7-17(16)15-23-10-12-24-13-11-23/h2-7,18H,8-15H2,1H3,(H2,20,21,22). The second kappa shape index (κ2) is 8.85. The molecule has 5 nitrogen and oxygen atoms in total. The zero-order valence-corrected chi connectivity index (χ0v) is 14.5. The predicted molar refractivity (Wildman–Crippen MR) is 98.0 cm³/mol. The minimum Gasteiger partial charge on any atom is -0.379 e. The first-order valence-electron chi connectivity index (χ1n) is 8.84. The summed E-state index contributed by atoms with van der Waals surface area (Å²) in [6.07, 6.45) is 6.60. The van der Waals surface area contributed by atoms with Gasteiger partial charge in [0.05, 0.1) is 13.2 Å². The lowest BCUT2D eigenvalue weighted by molar-refractivity contribution is 0.0341. The lowest BCUT2D eigenvalue weighted by Gasteiger charge is -2.27. The summed E-state index contributed by atoms with van der Waals surface area (Å²) in [6, 6.07) is 9.13. The molecular formula is C19H28N4O. The van der Waals surface area contributed by atoms with Crippen molar-refractivity contribution in [1.29, 1.82) is 0 Å². The van der Waals surface area contributed by atoms with E-state index in [0.717, 1.165) is 58.2 Å². The number of nitrogens with one attached hydrogen (secondary N) is 2. The van der Waals surface area contributed by atoms with Gasteiger partial charge in [0.15, 0.2) is 5.96 Å². The first-order valence-corrected chi connectivity index (χ1v) is 8.84. The molecule has 2 N–H and O–H groups in total. The van der Waals surface area contributed by atoms with Gasteiger partial charge in [0.1, 0.15) is 0 Å². The molecule has 0 spiro atoms. The molecule has 1 aromatic rings. The molecule has 2 aliphatic rings. The number of rotatable bonds is 5. The number of guanidine groups is 1. The second-order valence-electron chi connectivity index (χ2n) is 6.37. The number of morpholine rings is 1. The number of aliphatic imine (C=N–C) groups is 1. The smallest absolute Gasteiger partial charge is 0.191 e. The summed E-state index contributed by atoms with van der Waals surface area (Å²) in [7, 11) is 1.83. The van der Waals surface area contributed by atoms with Crippen LogP contribution in [-0.2, 0) is 17.8 Å². The zero-order chi connectivity index (χ0) is 16.6. The Kier molecular flexibility index (Phi) is 6.26. The molecule has 1 fully saturated rings. The minimum atomic E-state index is 0.472. The number of benzene rings is 1. The van der Waals surface area contributed by atoms with E-state index in [-0.39, 0.29) is 0 Å². The monoisotopic (exact) mass is 328 g/mol. The normalized spacial score (nSPS) is 19.6. The van der Waals surface area contributed by atoms with Crippen molar-refractivity contribution in [3.05, 3.63) is 47.5 Å². The molecule has 130 valence electrons. The number of ether oxygens (including phenoxy) is 1.